The normalized spacial score (nSPS) is 12.3. The van der Waals surface area contributed by atoms with Gasteiger partial charge in [-0.3, -0.25) is 5.10 Å². The van der Waals surface area contributed by atoms with Crippen LogP contribution in [0.1, 0.15) is 19.5 Å². The van der Waals surface area contributed by atoms with Gasteiger partial charge in [-0.05, 0) is 25.6 Å². The Labute approximate surface area is 92.1 Å². The molecule has 15 heavy (non-hydrogen) atoms. The van der Waals surface area contributed by atoms with Crippen molar-refractivity contribution in [2.45, 2.75) is 20.4 Å². The largest absolute Gasteiger partial charge is 0.311 e. The minimum atomic E-state index is 0.295. The van der Waals surface area contributed by atoms with Crippen LogP contribution in [0.2, 0.25) is 0 Å². The fourth-order valence-corrected chi connectivity index (χ4v) is 1.83. The van der Waals surface area contributed by atoms with Gasteiger partial charge < -0.3 is 10.2 Å². The summed E-state index contributed by atoms with van der Waals surface area (Å²) in [5.74, 6) is 0. The number of aromatic nitrogens is 2. The molecule has 0 saturated carbocycles. The van der Waals surface area contributed by atoms with E-state index in [1.165, 1.54) is 0 Å². The summed E-state index contributed by atoms with van der Waals surface area (Å²) in [7, 11) is 4.22. The van der Waals surface area contributed by atoms with E-state index in [9.17, 15) is 0 Å². The molecule has 0 radical (unpaired) electrons. The summed E-state index contributed by atoms with van der Waals surface area (Å²) in [6.07, 6.45) is 1.78. The third-order valence-corrected chi connectivity index (χ3v) is 2.22. The van der Waals surface area contributed by atoms with Crippen molar-refractivity contribution in [3.63, 3.8) is 0 Å². The van der Waals surface area contributed by atoms with E-state index in [2.05, 4.69) is 48.4 Å². The van der Waals surface area contributed by atoms with Crippen molar-refractivity contribution >= 4 is 0 Å². The van der Waals surface area contributed by atoms with Crippen LogP contribution in [0.3, 0.4) is 0 Å². The van der Waals surface area contributed by atoms with Crippen LogP contribution in [0.4, 0.5) is 0 Å². The number of nitrogens with one attached hydrogen (secondary N) is 2. The Bertz CT molecular complexity index is 264. The van der Waals surface area contributed by atoms with Gasteiger partial charge >= 0.3 is 0 Å². The highest BCUT2D eigenvalue weighted by Gasteiger charge is 2.17. The summed E-state index contributed by atoms with van der Waals surface area (Å²) in [5.41, 5.74) is 1.43. The maximum Gasteiger partial charge on any atom is 0.0490 e. The van der Waals surface area contributed by atoms with Crippen LogP contribution < -0.4 is 5.32 Å². The fourth-order valence-electron chi connectivity index (χ4n) is 1.83. The second-order valence-electron chi connectivity index (χ2n) is 5.09. The van der Waals surface area contributed by atoms with Gasteiger partial charge in [0.15, 0.2) is 0 Å². The Morgan fingerprint density at radius 3 is 2.73 bits per heavy atom. The molecule has 0 aromatic carbocycles. The molecule has 1 aromatic heterocycles. The number of hydrogen-bond donors (Lipinski definition) is 2. The van der Waals surface area contributed by atoms with Crippen LogP contribution in [-0.4, -0.2) is 42.3 Å². The van der Waals surface area contributed by atoms with Crippen molar-refractivity contribution in [3.05, 3.63) is 18.0 Å². The molecule has 0 atom stereocenters. The lowest BCUT2D eigenvalue weighted by Crippen LogP contribution is -2.37. The van der Waals surface area contributed by atoms with E-state index in [1.54, 1.807) is 6.20 Å². The van der Waals surface area contributed by atoms with Crippen LogP contribution in [0, 0.1) is 5.41 Å². The van der Waals surface area contributed by atoms with E-state index in [4.69, 9.17) is 0 Å². The monoisotopic (exact) mass is 210 g/mol. The maximum atomic E-state index is 3.91. The highest BCUT2D eigenvalue weighted by atomic mass is 15.1. The van der Waals surface area contributed by atoms with Gasteiger partial charge in [0.1, 0.15) is 0 Å². The second kappa shape index (κ2) is 5.28. The first kappa shape index (κ1) is 12.2. The zero-order valence-corrected chi connectivity index (χ0v) is 10.2. The molecule has 0 spiro atoms. The molecule has 1 rings (SSSR count). The molecule has 0 unspecified atom stereocenters. The summed E-state index contributed by atoms with van der Waals surface area (Å²) in [4.78, 5) is 2.22. The van der Waals surface area contributed by atoms with Crippen molar-refractivity contribution in [2.24, 2.45) is 5.41 Å². The summed E-state index contributed by atoms with van der Waals surface area (Å²) >= 11 is 0. The maximum absolute atomic E-state index is 3.91. The molecule has 1 aromatic rings. The van der Waals surface area contributed by atoms with Gasteiger partial charge in [-0.25, -0.2) is 0 Å². The highest BCUT2D eigenvalue weighted by Crippen LogP contribution is 2.14. The fraction of sp³-hybridized carbons (Fsp3) is 0.727. The van der Waals surface area contributed by atoms with Crippen LogP contribution in [0.5, 0.6) is 0 Å². The highest BCUT2D eigenvalue weighted by molar-refractivity contribution is 4.96. The molecule has 2 N–H and O–H groups in total. The van der Waals surface area contributed by atoms with Crippen molar-refractivity contribution in [2.75, 3.05) is 27.2 Å². The zero-order chi connectivity index (χ0) is 11.3. The van der Waals surface area contributed by atoms with E-state index >= 15 is 0 Å². The van der Waals surface area contributed by atoms with E-state index in [-0.39, 0.29) is 0 Å². The lowest BCUT2D eigenvalue weighted by Gasteiger charge is -2.28. The number of hydrogen-bond acceptors (Lipinski definition) is 3. The molecule has 0 aliphatic heterocycles. The molecule has 0 amide bonds. The van der Waals surface area contributed by atoms with E-state index in [0.717, 1.165) is 25.3 Å². The number of aromatic amines is 1. The van der Waals surface area contributed by atoms with Crippen LogP contribution in [-0.2, 0) is 6.54 Å². The van der Waals surface area contributed by atoms with Crippen LogP contribution in [0.25, 0.3) is 0 Å². The molecule has 0 aliphatic carbocycles. The Balaban J connectivity index is 2.24. The molecule has 0 bridgehead atoms. The Hall–Kier alpha value is -0.870. The third kappa shape index (κ3) is 4.95. The quantitative estimate of drug-likeness (QED) is 0.738. The smallest absolute Gasteiger partial charge is 0.0490 e. The van der Waals surface area contributed by atoms with Crippen molar-refractivity contribution < 1.29 is 0 Å². The topological polar surface area (TPSA) is 44.0 Å². The molecule has 86 valence electrons. The zero-order valence-electron chi connectivity index (χ0n) is 10.2. The van der Waals surface area contributed by atoms with Crippen molar-refractivity contribution in [3.8, 4) is 0 Å². The lowest BCUT2D eigenvalue weighted by atomic mass is 9.93. The molecule has 4 nitrogen and oxygen atoms in total. The summed E-state index contributed by atoms with van der Waals surface area (Å²) < 4.78 is 0. The molecule has 0 fully saturated rings. The SMILES string of the molecule is CN(C)CC(C)(C)CNCc1ccn[nH]1. The van der Waals surface area contributed by atoms with Gasteiger partial charge in [0.05, 0.1) is 0 Å². The summed E-state index contributed by atoms with van der Waals surface area (Å²) in [6, 6.07) is 1.99. The molecule has 4 heteroatoms. The predicted molar refractivity (Wildman–Crippen MR) is 62.6 cm³/mol. The van der Waals surface area contributed by atoms with E-state index in [1.807, 2.05) is 6.07 Å². The Morgan fingerprint density at radius 1 is 1.47 bits per heavy atom. The summed E-state index contributed by atoms with van der Waals surface area (Å²) in [6.45, 7) is 7.49. The molecule has 0 saturated heterocycles. The number of H-pyrrole nitrogens is 1. The standard InChI is InChI=1S/C11H22N4/c1-11(2,9-15(3)4)8-12-7-10-5-6-13-14-10/h5-6,12H,7-9H2,1-4H3,(H,13,14). The molecular weight excluding hydrogens is 188 g/mol. The first-order chi connectivity index (χ1) is 6.99. The van der Waals surface area contributed by atoms with Crippen LogP contribution in [0.15, 0.2) is 12.3 Å². The summed E-state index contributed by atoms with van der Waals surface area (Å²) in [5, 5.41) is 10.3. The van der Waals surface area contributed by atoms with Gasteiger partial charge in [0.2, 0.25) is 0 Å². The third-order valence-electron chi connectivity index (χ3n) is 2.22. The van der Waals surface area contributed by atoms with Crippen LogP contribution >= 0.6 is 0 Å². The first-order valence-corrected chi connectivity index (χ1v) is 5.33. The van der Waals surface area contributed by atoms with Gasteiger partial charge in [0.25, 0.3) is 0 Å². The lowest BCUT2D eigenvalue weighted by molar-refractivity contribution is 0.232. The first-order valence-electron chi connectivity index (χ1n) is 5.33. The molecule has 1 heterocycles. The predicted octanol–water partition coefficient (Wildman–Crippen LogP) is 1.09. The second-order valence-corrected chi connectivity index (χ2v) is 5.09. The van der Waals surface area contributed by atoms with Gasteiger partial charge in [-0.2, -0.15) is 5.10 Å². The Kier molecular flexibility index (Phi) is 4.29. The minimum Gasteiger partial charge on any atom is -0.311 e. The van der Waals surface area contributed by atoms with E-state index < -0.39 is 0 Å². The number of rotatable bonds is 6. The van der Waals surface area contributed by atoms with E-state index in [0.29, 0.717) is 5.41 Å². The molecule has 0 aliphatic rings. The van der Waals surface area contributed by atoms with Crippen molar-refractivity contribution in [1.82, 2.24) is 20.4 Å². The van der Waals surface area contributed by atoms with Gasteiger partial charge in [0, 0.05) is 31.5 Å². The minimum absolute atomic E-state index is 0.295. The van der Waals surface area contributed by atoms with Gasteiger partial charge in [-0.15, -0.1) is 0 Å². The van der Waals surface area contributed by atoms with Gasteiger partial charge in [-0.1, -0.05) is 13.8 Å². The average molecular weight is 210 g/mol. The van der Waals surface area contributed by atoms with Crippen molar-refractivity contribution in [1.29, 1.82) is 0 Å². The average Bonchev–Trinajstić information content (AvgIpc) is 2.53. The molecular formula is C11H22N4. The Morgan fingerprint density at radius 2 is 2.20 bits per heavy atom. The number of nitrogens with zero attached hydrogens (tertiary/aromatic N) is 2.